The van der Waals surface area contributed by atoms with Crippen molar-refractivity contribution in [1.29, 1.82) is 0 Å². The van der Waals surface area contributed by atoms with Crippen LogP contribution in [0, 0.1) is 0 Å². The van der Waals surface area contributed by atoms with Crippen LogP contribution < -0.4 is 10.7 Å². The van der Waals surface area contributed by atoms with Gasteiger partial charge in [0.2, 0.25) is 5.96 Å². The van der Waals surface area contributed by atoms with E-state index in [-0.39, 0.29) is 0 Å². The van der Waals surface area contributed by atoms with Gasteiger partial charge in [0, 0.05) is 23.6 Å². The van der Waals surface area contributed by atoms with E-state index in [0.717, 1.165) is 5.56 Å². The summed E-state index contributed by atoms with van der Waals surface area (Å²) in [5.41, 5.74) is 4.53. The Balaban J connectivity index is 1.86. The zero-order valence-electron chi connectivity index (χ0n) is 15.6. The van der Waals surface area contributed by atoms with Gasteiger partial charge in [-0.2, -0.15) is 5.10 Å². The summed E-state index contributed by atoms with van der Waals surface area (Å²) in [6, 6.07) is 6.13. The van der Waals surface area contributed by atoms with Crippen LogP contribution in [0.5, 0.6) is 0 Å². The molecule has 1 aromatic rings. The lowest BCUT2D eigenvalue weighted by atomic mass is 10.1. The van der Waals surface area contributed by atoms with Crippen LogP contribution in [0.3, 0.4) is 0 Å². The first-order valence-electron chi connectivity index (χ1n) is 8.58. The number of urea groups is 1. The fourth-order valence-corrected chi connectivity index (χ4v) is 3.13. The average molecular weight is 423 g/mol. The molecule has 0 radical (unpaired) electrons. The van der Waals surface area contributed by atoms with Crippen molar-refractivity contribution >= 4 is 46.8 Å². The summed E-state index contributed by atoms with van der Waals surface area (Å²) >= 11 is 11.9. The Kier molecular flexibility index (Phi) is 5.90. The highest BCUT2D eigenvalue weighted by molar-refractivity contribution is 6.30. The number of nitrogens with zero attached hydrogens (tertiary/aromatic N) is 4. The van der Waals surface area contributed by atoms with E-state index in [1.54, 1.807) is 37.1 Å². The van der Waals surface area contributed by atoms with E-state index in [2.05, 4.69) is 20.8 Å². The third-order valence-electron chi connectivity index (χ3n) is 4.52. The Morgan fingerprint density at radius 2 is 2.00 bits per heavy atom. The van der Waals surface area contributed by atoms with E-state index in [0.29, 0.717) is 28.3 Å². The minimum Gasteiger partial charge on any atom is -0.322 e. The number of allylic oxidation sites excluding steroid dienone is 1. The van der Waals surface area contributed by atoms with Crippen molar-refractivity contribution in [3.63, 3.8) is 0 Å². The Bertz CT molecular complexity index is 877. The summed E-state index contributed by atoms with van der Waals surface area (Å²) in [6.45, 7) is 3.93. The third kappa shape index (κ3) is 4.13. The molecule has 148 valence electrons. The summed E-state index contributed by atoms with van der Waals surface area (Å²) < 4.78 is 0. The number of likely N-dealkylation sites (N-methyl/N-ethyl adjacent to an activating group) is 1. The van der Waals surface area contributed by atoms with Crippen molar-refractivity contribution < 1.29 is 9.59 Å². The number of amides is 3. The number of hydrogen-bond donors (Lipinski definition) is 2. The fourth-order valence-electron chi connectivity index (χ4n) is 2.93. The van der Waals surface area contributed by atoms with Crippen LogP contribution >= 0.6 is 23.2 Å². The number of carbonyl (C=O) groups is 2. The molecular weight excluding hydrogens is 403 g/mol. The number of guanidine groups is 1. The van der Waals surface area contributed by atoms with Gasteiger partial charge in [0.1, 0.15) is 0 Å². The van der Waals surface area contributed by atoms with E-state index in [4.69, 9.17) is 23.2 Å². The van der Waals surface area contributed by atoms with E-state index >= 15 is 0 Å². The maximum atomic E-state index is 12.4. The van der Waals surface area contributed by atoms with Crippen LogP contribution in [0.4, 0.5) is 4.79 Å². The molecule has 0 bridgehead atoms. The molecule has 2 N–H and O–H groups in total. The molecule has 0 aromatic heterocycles. The van der Waals surface area contributed by atoms with E-state index < -0.39 is 24.1 Å². The van der Waals surface area contributed by atoms with Crippen molar-refractivity contribution in [2.24, 2.45) is 10.1 Å². The summed E-state index contributed by atoms with van der Waals surface area (Å²) in [5, 5.41) is 7.94. The van der Waals surface area contributed by atoms with Crippen LogP contribution in [0.15, 0.2) is 45.5 Å². The zero-order chi connectivity index (χ0) is 20.4. The molecule has 1 fully saturated rings. The van der Waals surface area contributed by atoms with Crippen LogP contribution in [0.25, 0.3) is 0 Å². The SMILES string of the molecule is C/C(Cl)=C/CN1C(N/N=C(\C)c2ccc(Cl)cc2)=NC2C1C(=O)NC(=O)N2C. The highest BCUT2D eigenvalue weighted by Gasteiger charge is 2.48. The summed E-state index contributed by atoms with van der Waals surface area (Å²) in [5.74, 6) is -0.0261. The second-order valence-electron chi connectivity index (χ2n) is 6.48. The second-order valence-corrected chi connectivity index (χ2v) is 7.51. The largest absolute Gasteiger partial charge is 0.325 e. The maximum Gasteiger partial charge on any atom is 0.325 e. The molecule has 0 spiro atoms. The van der Waals surface area contributed by atoms with Crippen LogP contribution in [0.2, 0.25) is 5.02 Å². The Morgan fingerprint density at radius 3 is 2.64 bits per heavy atom. The number of aliphatic imine (C=N–C) groups is 1. The minimum atomic E-state index is -0.663. The molecule has 28 heavy (non-hydrogen) atoms. The maximum absolute atomic E-state index is 12.4. The van der Waals surface area contributed by atoms with E-state index in [9.17, 15) is 9.59 Å². The molecule has 3 amide bonds. The topological polar surface area (TPSA) is 89.4 Å². The predicted octanol–water partition coefficient (Wildman–Crippen LogP) is 2.34. The van der Waals surface area contributed by atoms with Gasteiger partial charge in [0.05, 0.1) is 5.71 Å². The van der Waals surface area contributed by atoms with Gasteiger partial charge in [0.15, 0.2) is 12.2 Å². The monoisotopic (exact) mass is 422 g/mol. The van der Waals surface area contributed by atoms with Crippen molar-refractivity contribution in [3.05, 3.63) is 46.0 Å². The van der Waals surface area contributed by atoms with Crippen molar-refractivity contribution in [3.8, 4) is 0 Å². The lowest BCUT2D eigenvalue weighted by Crippen LogP contribution is -2.64. The molecule has 2 unspecified atom stereocenters. The normalized spacial score (nSPS) is 22.8. The number of rotatable bonds is 4. The molecule has 2 heterocycles. The first-order valence-corrected chi connectivity index (χ1v) is 9.34. The fraction of sp³-hybridized carbons (Fsp3) is 0.333. The number of halogens is 2. The van der Waals surface area contributed by atoms with Crippen molar-refractivity contribution in [1.82, 2.24) is 20.5 Å². The van der Waals surface area contributed by atoms with Crippen LogP contribution in [-0.4, -0.2) is 59.2 Å². The summed E-state index contributed by atoms with van der Waals surface area (Å²) in [7, 11) is 1.59. The van der Waals surface area contributed by atoms with Crippen molar-refractivity contribution in [2.75, 3.05) is 13.6 Å². The number of hydrazone groups is 1. The number of carbonyl (C=O) groups excluding carboxylic acids is 2. The lowest BCUT2D eigenvalue weighted by Gasteiger charge is -2.35. The predicted molar refractivity (Wildman–Crippen MR) is 109 cm³/mol. The van der Waals surface area contributed by atoms with E-state index in [1.807, 2.05) is 19.1 Å². The quantitative estimate of drug-likeness (QED) is 0.575. The number of imide groups is 1. The molecule has 1 aromatic carbocycles. The third-order valence-corrected chi connectivity index (χ3v) is 4.92. The summed E-state index contributed by atoms with van der Waals surface area (Å²) in [4.78, 5) is 32.0. The minimum absolute atomic E-state index is 0.341. The van der Waals surface area contributed by atoms with Gasteiger partial charge in [-0.25, -0.2) is 15.2 Å². The van der Waals surface area contributed by atoms with Crippen molar-refractivity contribution in [2.45, 2.75) is 26.1 Å². The highest BCUT2D eigenvalue weighted by atomic mass is 35.5. The highest BCUT2D eigenvalue weighted by Crippen LogP contribution is 2.23. The van der Waals surface area contributed by atoms with Gasteiger partial charge in [-0.1, -0.05) is 41.4 Å². The second kappa shape index (κ2) is 8.20. The van der Waals surface area contributed by atoms with Crippen LogP contribution in [-0.2, 0) is 4.79 Å². The molecule has 2 aliphatic heterocycles. The Hall–Kier alpha value is -2.58. The molecule has 2 atom stereocenters. The molecule has 3 rings (SSSR count). The molecule has 2 aliphatic rings. The number of benzene rings is 1. The molecule has 0 saturated carbocycles. The first kappa shape index (κ1) is 20.2. The molecular formula is C18H20Cl2N6O2. The Labute approximate surface area is 172 Å². The zero-order valence-corrected chi connectivity index (χ0v) is 17.1. The first-order chi connectivity index (χ1) is 13.3. The molecule has 8 nitrogen and oxygen atoms in total. The number of nitrogens with one attached hydrogen (secondary N) is 2. The molecule has 0 aliphatic carbocycles. The van der Waals surface area contributed by atoms with Gasteiger partial charge in [-0.3, -0.25) is 10.1 Å². The van der Waals surface area contributed by atoms with Gasteiger partial charge < -0.3 is 9.80 Å². The molecule has 1 saturated heterocycles. The van der Waals surface area contributed by atoms with Gasteiger partial charge in [-0.05, 0) is 31.5 Å². The smallest absolute Gasteiger partial charge is 0.322 e. The van der Waals surface area contributed by atoms with Gasteiger partial charge in [-0.15, -0.1) is 0 Å². The molecule has 10 heteroatoms. The average Bonchev–Trinajstić information content (AvgIpc) is 3.02. The van der Waals surface area contributed by atoms with E-state index in [1.165, 1.54) is 4.90 Å². The lowest BCUT2D eigenvalue weighted by molar-refractivity contribution is -0.126. The van der Waals surface area contributed by atoms with Gasteiger partial charge >= 0.3 is 6.03 Å². The van der Waals surface area contributed by atoms with Crippen LogP contribution in [0.1, 0.15) is 19.4 Å². The number of hydrogen-bond acceptors (Lipinski definition) is 6. The number of fused-ring (bicyclic) bond motifs is 1. The standard InChI is InChI=1S/C18H20Cl2N6O2/c1-10(19)8-9-26-14-15(25(3)18(28)22-16(14)27)21-17(26)24-23-11(2)12-4-6-13(20)7-5-12/h4-8,14-15H,9H2,1-3H3,(H,21,24)(H,22,27,28)/b10-8-,23-11+. The summed E-state index contributed by atoms with van der Waals surface area (Å²) in [6.07, 6.45) is 1.12. The van der Waals surface area contributed by atoms with Gasteiger partial charge in [0.25, 0.3) is 5.91 Å². The Morgan fingerprint density at radius 1 is 1.32 bits per heavy atom.